The SMILES string of the molecule is Cc1cc(NC(=O)N2CCC(NS(=O)(=O)C(C)(C)C)CC2)ccc1C(F)(F)F. The van der Waals surface area contributed by atoms with Crippen LogP contribution in [-0.2, 0) is 16.2 Å². The molecule has 1 aromatic carbocycles. The lowest BCUT2D eigenvalue weighted by Crippen LogP contribution is -2.50. The van der Waals surface area contributed by atoms with Gasteiger partial charge in [-0.1, -0.05) is 0 Å². The van der Waals surface area contributed by atoms with E-state index in [0.29, 0.717) is 25.9 Å². The van der Waals surface area contributed by atoms with E-state index in [2.05, 4.69) is 10.0 Å². The molecule has 158 valence electrons. The predicted molar refractivity (Wildman–Crippen MR) is 102 cm³/mol. The Morgan fingerprint density at radius 1 is 1.14 bits per heavy atom. The molecule has 2 N–H and O–H groups in total. The molecule has 0 spiro atoms. The third-order valence-electron chi connectivity index (χ3n) is 4.69. The maximum atomic E-state index is 12.8. The van der Waals surface area contributed by atoms with E-state index in [-0.39, 0.29) is 17.3 Å². The number of carbonyl (C=O) groups excluding carboxylic acids is 1. The molecule has 1 heterocycles. The van der Waals surface area contributed by atoms with Crippen molar-refractivity contribution in [1.82, 2.24) is 9.62 Å². The van der Waals surface area contributed by atoms with Crippen LogP contribution < -0.4 is 10.0 Å². The zero-order valence-electron chi connectivity index (χ0n) is 16.4. The van der Waals surface area contributed by atoms with Crippen LogP contribution in [0, 0.1) is 6.92 Å². The summed E-state index contributed by atoms with van der Waals surface area (Å²) in [5.41, 5.74) is -0.427. The number of urea groups is 1. The van der Waals surface area contributed by atoms with Gasteiger partial charge >= 0.3 is 12.2 Å². The Labute approximate surface area is 163 Å². The smallest absolute Gasteiger partial charge is 0.324 e. The van der Waals surface area contributed by atoms with Gasteiger partial charge in [-0.15, -0.1) is 0 Å². The second kappa shape index (κ2) is 7.90. The summed E-state index contributed by atoms with van der Waals surface area (Å²) in [6, 6.07) is 2.78. The van der Waals surface area contributed by atoms with E-state index in [1.807, 2.05) is 0 Å². The monoisotopic (exact) mass is 421 g/mol. The van der Waals surface area contributed by atoms with Crippen LogP contribution in [0.5, 0.6) is 0 Å². The normalized spacial score (nSPS) is 16.9. The predicted octanol–water partition coefficient (Wildman–Crippen LogP) is 3.73. The van der Waals surface area contributed by atoms with Crippen molar-refractivity contribution in [1.29, 1.82) is 0 Å². The first-order chi connectivity index (χ1) is 12.7. The number of hydrogen-bond donors (Lipinski definition) is 2. The summed E-state index contributed by atoms with van der Waals surface area (Å²) in [6.07, 6.45) is -3.50. The van der Waals surface area contributed by atoms with Gasteiger partial charge in [0.2, 0.25) is 10.0 Å². The molecule has 1 saturated heterocycles. The summed E-state index contributed by atoms with van der Waals surface area (Å²) in [4.78, 5) is 13.9. The van der Waals surface area contributed by atoms with Gasteiger partial charge in [0.05, 0.1) is 10.3 Å². The van der Waals surface area contributed by atoms with Gasteiger partial charge in [0, 0.05) is 24.8 Å². The molecule has 1 aliphatic rings. The lowest BCUT2D eigenvalue weighted by Gasteiger charge is -2.33. The number of nitrogens with one attached hydrogen (secondary N) is 2. The molecule has 1 fully saturated rings. The molecule has 28 heavy (non-hydrogen) atoms. The lowest BCUT2D eigenvalue weighted by molar-refractivity contribution is -0.138. The largest absolute Gasteiger partial charge is 0.416 e. The number of sulfonamides is 1. The van der Waals surface area contributed by atoms with Crippen molar-refractivity contribution in [3.05, 3.63) is 29.3 Å². The van der Waals surface area contributed by atoms with Crippen LogP contribution in [-0.4, -0.2) is 43.2 Å². The van der Waals surface area contributed by atoms with E-state index in [1.165, 1.54) is 24.0 Å². The maximum Gasteiger partial charge on any atom is 0.416 e. The minimum absolute atomic E-state index is 0.0283. The summed E-state index contributed by atoms with van der Waals surface area (Å²) < 4.78 is 64.7. The first kappa shape index (κ1) is 22.5. The molecule has 0 unspecified atom stereocenters. The molecule has 0 aliphatic carbocycles. The zero-order chi connectivity index (χ0) is 21.3. The highest BCUT2D eigenvalue weighted by Crippen LogP contribution is 2.33. The van der Waals surface area contributed by atoms with Crippen LogP contribution in [0.4, 0.5) is 23.7 Å². The zero-order valence-corrected chi connectivity index (χ0v) is 17.2. The van der Waals surface area contributed by atoms with Gasteiger partial charge in [-0.05, 0) is 64.3 Å². The highest BCUT2D eigenvalue weighted by Gasteiger charge is 2.34. The van der Waals surface area contributed by atoms with Crippen molar-refractivity contribution in [3.63, 3.8) is 0 Å². The van der Waals surface area contributed by atoms with E-state index >= 15 is 0 Å². The molecule has 0 saturated carbocycles. The van der Waals surface area contributed by atoms with Gasteiger partial charge in [0.25, 0.3) is 0 Å². The van der Waals surface area contributed by atoms with Gasteiger partial charge in [-0.2, -0.15) is 13.2 Å². The molecular formula is C18H26F3N3O3S. The number of piperidine rings is 1. The number of rotatable bonds is 3. The van der Waals surface area contributed by atoms with E-state index in [0.717, 1.165) is 6.07 Å². The number of benzene rings is 1. The van der Waals surface area contributed by atoms with Crippen LogP contribution in [0.15, 0.2) is 18.2 Å². The molecule has 1 aromatic rings. The Morgan fingerprint density at radius 3 is 2.18 bits per heavy atom. The Morgan fingerprint density at radius 2 is 1.71 bits per heavy atom. The standard InChI is InChI=1S/C18H26F3N3O3S/c1-12-11-14(5-6-15(12)18(19,20)21)22-16(25)24-9-7-13(8-10-24)23-28(26,27)17(2,3)4/h5-6,11,13,23H,7-10H2,1-4H3,(H,22,25). The Bertz CT molecular complexity index is 825. The van der Waals surface area contributed by atoms with Gasteiger partial charge in [-0.3, -0.25) is 0 Å². The highest BCUT2D eigenvalue weighted by atomic mass is 32.2. The molecule has 6 nitrogen and oxygen atoms in total. The van der Waals surface area contributed by atoms with E-state index in [4.69, 9.17) is 0 Å². The average Bonchev–Trinajstić information content (AvgIpc) is 2.52. The molecule has 1 aliphatic heterocycles. The first-order valence-electron chi connectivity index (χ1n) is 8.96. The fourth-order valence-corrected chi connectivity index (χ4v) is 3.89. The second-order valence-corrected chi connectivity index (χ2v) is 10.4. The number of amides is 2. The number of nitrogens with zero attached hydrogens (tertiary/aromatic N) is 1. The maximum absolute atomic E-state index is 12.8. The number of carbonyl (C=O) groups is 1. The van der Waals surface area contributed by atoms with Crippen LogP contribution in [0.2, 0.25) is 0 Å². The number of aryl methyl sites for hydroxylation is 1. The van der Waals surface area contributed by atoms with Gasteiger partial charge < -0.3 is 10.2 Å². The molecule has 2 rings (SSSR count). The Kier molecular flexibility index (Phi) is 6.34. The van der Waals surface area contributed by atoms with Crippen molar-refractivity contribution < 1.29 is 26.4 Å². The Hall–Kier alpha value is -1.81. The molecule has 2 amide bonds. The lowest BCUT2D eigenvalue weighted by atomic mass is 10.1. The van der Waals surface area contributed by atoms with Gasteiger partial charge in [0.1, 0.15) is 0 Å². The third-order valence-corrected chi connectivity index (χ3v) is 6.95. The number of alkyl halides is 3. The third kappa shape index (κ3) is 5.38. The van der Waals surface area contributed by atoms with Crippen molar-refractivity contribution in [3.8, 4) is 0 Å². The Balaban J connectivity index is 1.93. The molecule has 10 heteroatoms. The summed E-state index contributed by atoms with van der Waals surface area (Å²) in [5, 5.41) is 2.60. The van der Waals surface area contributed by atoms with Crippen molar-refractivity contribution in [2.75, 3.05) is 18.4 Å². The van der Waals surface area contributed by atoms with Crippen molar-refractivity contribution in [2.24, 2.45) is 0 Å². The molecule has 0 bridgehead atoms. The van der Waals surface area contributed by atoms with Crippen molar-refractivity contribution >= 4 is 21.7 Å². The van der Waals surface area contributed by atoms with Gasteiger partial charge in [-0.25, -0.2) is 17.9 Å². The molecule has 0 atom stereocenters. The van der Waals surface area contributed by atoms with E-state index < -0.39 is 32.5 Å². The van der Waals surface area contributed by atoms with E-state index in [1.54, 1.807) is 20.8 Å². The fraction of sp³-hybridized carbons (Fsp3) is 0.611. The number of anilines is 1. The molecular weight excluding hydrogens is 395 g/mol. The molecule has 0 radical (unpaired) electrons. The first-order valence-corrected chi connectivity index (χ1v) is 10.4. The fourth-order valence-electron chi connectivity index (χ4n) is 2.86. The summed E-state index contributed by atoms with van der Waals surface area (Å²) in [6.45, 7) is 6.88. The van der Waals surface area contributed by atoms with Crippen LogP contribution in [0.25, 0.3) is 0 Å². The van der Waals surface area contributed by atoms with Gasteiger partial charge in [0.15, 0.2) is 0 Å². The number of hydrogen-bond acceptors (Lipinski definition) is 3. The highest BCUT2D eigenvalue weighted by molar-refractivity contribution is 7.90. The summed E-state index contributed by atoms with van der Waals surface area (Å²) in [7, 11) is -3.47. The summed E-state index contributed by atoms with van der Waals surface area (Å²) >= 11 is 0. The minimum Gasteiger partial charge on any atom is -0.324 e. The molecule has 0 aromatic heterocycles. The van der Waals surface area contributed by atoms with Crippen LogP contribution >= 0.6 is 0 Å². The minimum atomic E-state index is -4.44. The second-order valence-electron chi connectivity index (χ2n) is 7.95. The quantitative estimate of drug-likeness (QED) is 0.781. The number of likely N-dealkylation sites (tertiary alicyclic amines) is 1. The average molecular weight is 421 g/mol. The number of halogens is 3. The van der Waals surface area contributed by atoms with E-state index in [9.17, 15) is 26.4 Å². The topological polar surface area (TPSA) is 78.5 Å². The summed E-state index contributed by atoms with van der Waals surface area (Å²) in [5.74, 6) is 0. The van der Waals surface area contributed by atoms with Crippen LogP contribution in [0.1, 0.15) is 44.7 Å². The van der Waals surface area contributed by atoms with Crippen molar-refractivity contribution in [2.45, 2.75) is 57.5 Å². The van der Waals surface area contributed by atoms with Crippen LogP contribution in [0.3, 0.4) is 0 Å².